The van der Waals surface area contributed by atoms with Crippen molar-refractivity contribution < 1.29 is 4.74 Å². The van der Waals surface area contributed by atoms with Crippen LogP contribution in [0.5, 0.6) is 5.75 Å². The van der Waals surface area contributed by atoms with E-state index in [4.69, 9.17) is 10.5 Å². The number of anilines is 1. The first-order valence-electron chi connectivity index (χ1n) is 3.84. The van der Waals surface area contributed by atoms with Crippen LogP contribution in [0.4, 0.5) is 5.82 Å². The zero-order valence-corrected chi connectivity index (χ0v) is 8.63. The Morgan fingerprint density at radius 3 is 3.08 bits per heavy atom. The minimum absolute atomic E-state index is 0.376. The third-order valence-corrected chi connectivity index (χ3v) is 1.67. The Morgan fingerprint density at radius 1 is 1.69 bits per heavy atom. The Balaban J connectivity index is 2.41. The van der Waals surface area contributed by atoms with Gasteiger partial charge in [-0.05, 0) is 7.05 Å². The summed E-state index contributed by atoms with van der Waals surface area (Å²) in [5.41, 5.74) is 5.54. The second-order valence-electron chi connectivity index (χ2n) is 2.60. The topological polar surface area (TPSA) is 64.3 Å². The van der Waals surface area contributed by atoms with Gasteiger partial charge in [0, 0.05) is 6.54 Å². The quantitative estimate of drug-likeness (QED) is 0.701. The third-order valence-electron chi connectivity index (χ3n) is 1.41. The molecule has 0 fully saturated rings. The predicted molar refractivity (Wildman–Crippen MR) is 54.3 cm³/mol. The number of aromatic nitrogens is 2. The molecule has 13 heavy (non-hydrogen) atoms. The SMILES string of the molecule is CN(P)CCOc1cncnc1N. The summed E-state index contributed by atoms with van der Waals surface area (Å²) >= 11 is 0. The molecule has 1 unspecified atom stereocenters. The van der Waals surface area contributed by atoms with E-state index < -0.39 is 0 Å². The molecule has 0 amide bonds. The van der Waals surface area contributed by atoms with E-state index in [0.29, 0.717) is 18.2 Å². The van der Waals surface area contributed by atoms with Crippen molar-refractivity contribution in [3.8, 4) is 5.75 Å². The fraction of sp³-hybridized carbons (Fsp3) is 0.429. The lowest BCUT2D eigenvalue weighted by Gasteiger charge is -2.10. The highest BCUT2D eigenvalue weighted by atomic mass is 31.0. The fourth-order valence-corrected chi connectivity index (χ4v) is 0.843. The van der Waals surface area contributed by atoms with Crippen LogP contribution in [0.25, 0.3) is 0 Å². The molecule has 1 rings (SSSR count). The molecule has 5 nitrogen and oxygen atoms in total. The highest BCUT2D eigenvalue weighted by Gasteiger charge is 2.00. The lowest BCUT2D eigenvalue weighted by molar-refractivity contribution is 0.293. The van der Waals surface area contributed by atoms with E-state index in [1.165, 1.54) is 6.33 Å². The van der Waals surface area contributed by atoms with Crippen molar-refractivity contribution in [1.82, 2.24) is 14.6 Å². The monoisotopic (exact) mass is 200 g/mol. The van der Waals surface area contributed by atoms with E-state index in [9.17, 15) is 0 Å². The summed E-state index contributed by atoms with van der Waals surface area (Å²) < 4.78 is 7.29. The number of rotatable bonds is 4. The van der Waals surface area contributed by atoms with Gasteiger partial charge in [0.2, 0.25) is 0 Å². The molecule has 0 saturated heterocycles. The zero-order chi connectivity index (χ0) is 9.68. The standard InChI is InChI=1S/C7H13N4OP/c1-11(13)2-3-12-6-4-9-5-10-7(6)8/h4-5H,2-3,13H2,1H3,(H2,8,9,10). The maximum Gasteiger partial charge on any atom is 0.179 e. The lowest BCUT2D eigenvalue weighted by Crippen LogP contribution is -2.15. The summed E-state index contributed by atoms with van der Waals surface area (Å²) in [6.07, 6.45) is 2.95. The number of nitrogens with zero attached hydrogens (tertiary/aromatic N) is 3. The zero-order valence-electron chi connectivity index (χ0n) is 7.47. The van der Waals surface area contributed by atoms with Crippen molar-refractivity contribution in [3.63, 3.8) is 0 Å². The molecule has 0 aliphatic carbocycles. The maximum atomic E-state index is 5.54. The van der Waals surface area contributed by atoms with E-state index in [2.05, 4.69) is 19.4 Å². The van der Waals surface area contributed by atoms with Crippen LogP contribution in [-0.4, -0.2) is 34.8 Å². The van der Waals surface area contributed by atoms with E-state index in [-0.39, 0.29) is 0 Å². The normalized spacial score (nSPS) is 10.4. The summed E-state index contributed by atoms with van der Waals surface area (Å²) in [5, 5.41) is 0. The van der Waals surface area contributed by atoms with E-state index in [0.717, 1.165) is 6.54 Å². The number of likely N-dealkylation sites (N-methyl/N-ethyl adjacent to an activating group) is 1. The molecule has 0 radical (unpaired) electrons. The van der Waals surface area contributed by atoms with Crippen LogP contribution in [0.1, 0.15) is 0 Å². The molecule has 0 aliphatic heterocycles. The van der Waals surface area contributed by atoms with Crippen LogP contribution >= 0.6 is 9.39 Å². The van der Waals surface area contributed by atoms with Gasteiger partial charge in [-0.1, -0.05) is 9.39 Å². The van der Waals surface area contributed by atoms with Crippen molar-refractivity contribution in [2.75, 3.05) is 25.9 Å². The van der Waals surface area contributed by atoms with Crippen LogP contribution in [0, 0.1) is 0 Å². The van der Waals surface area contributed by atoms with Gasteiger partial charge in [0.25, 0.3) is 0 Å². The second-order valence-corrected chi connectivity index (χ2v) is 3.48. The highest BCUT2D eigenvalue weighted by molar-refractivity contribution is 7.13. The number of nitrogen functional groups attached to an aromatic ring is 1. The fourth-order valence-electron chi connectivity index (χ4n) is 0.737. The van der Waals surface area contributed by atoms with Crippen molar-refractivity contribution in [2.45, 2.75) is 0 Å². The molecule has 0 aromatic carbocycles. The molecule has 1 aromatic heterocycles. The third kappa shape index (κ3) is 3.53. The lowest BCUT2D eigenvalue weighted by atomic mass is 10.5. The molecule has 0 saturated carbocycles. The molecule has 1 heterocycles. The molecule has 0 aliphatic rings. The van der Waals surface area contributed by atoms with Gasteiger partial charge in [0.1, 0.15) is 12.9 Å². The molecule has 6 heteroatoms. The van der Waals surface area contributed by atoms with Gasteiger partial charge in [-0.15, -0.1) is 0 Å². The first-order valence-corrected chi connectivity index (χ1v) is 4.36. The minimum Gasteiger partial charge on any atom is -0.487 e. The van der Waals surface area contributed by atoms with Crippen molar-refractivity contribution in [1.29, 1.82) is 0 Å². The first-order chi connectivity index (χ1) is 6.20. The molecular weight excluding hydrogens is 187 g/mol. The van der Waals surface area contributed by atoms with Crippen LogP contribution < -0.4 is 10.5 Å². The van der Waals surface area contributed by atoms with Crippen molar-refractivity contribution >= 4 is 15.2 Å². The second kappa shape index (κ2) is 4.94. The minimum atomic E-state index is 0.376. The molecule has 0 bridgehead atoms. The largest absolute Gasteiger partial charge is 0.487 e. The summed E-state index contributed by atoms with van der Waals surface area (Å²) in [6, 6.07) is 0. The summed E-state index contributed by atoms with van der Waals surface area (Å²) in [6.45, 7) is 1.37. The Kier molecular flexibility index (Phi) is 3.86. The average molecular weight is 200 g/mol. The highest BCUT2D eigenvalue weighted by Crippen LogP contribution is 2.14. The summed E-state index contributed by atoms with van der Waals surface area (Å²) in [7, 11) is 4.49. The Bertz CT molecular complexity index is 268. The van der Waals surface area contributed by atoms with E-state index in [1.54, 1.807) is 6.20 Å². The average Bonchev–Trinajstić information content (AvgIpc) is 2.08. The van der Waals surface area contributed by atoms with Crippen molar-refractivity contribution in [2.24, 2.45) is 0 Å². The number of ether oxygens (including phenoxy) is 1. The maximum absolute atomic E-state index is 5.54. The van der Waals surface area contributed by atoms with Gasteiger partial charge in [0.15, 0.2) is 11.6 Å². The molecule has 72 valence electrons. The van der Waals surface area contributed by atoms with Gasteiger partial charge in [0.05, 0.1) is 6.20 Å². The van der Waals surface area contributed by atoms with Crippen LogP contribution in [0.15, 0.2) is 12.5 Å². The molecule has 1 aromatic rings. The molecular formula is C7H13N4OP. The van der Waals surface area contributed by atoms with Gasteiger partial charge in [-0.25, -0.2) is 9.97 Å². The summed E-state index contributed by atoms with van der Waals surface area (Å²) in [5.74, 6) is 0.913. The smallest absolute Gasteiger partial charge is 0.179 e. The molecule has 1 atom stereocenters. The van der Waals surface area contributed by atoms with Gasteiger partial charge >= 0.3 is 0 Å². The van der Waals surface area contributed by atoms with Crippen LogP contribution in [0.2, 0.25) is 0 Å². The van der Waals surface area contributed by atoms with Crippen LogP contribution in [0.3, 0.4) is 0 Å². The number of hydrogen-bond donors (Lipinski definition) is 1. The summed E-state index contributed by atoms with van der Waals surface area (Å²) in [4.78, 5) is 7.61. The van der Waals surface area contributed by atoms with Crippen LogP contribution in [-0.2, 0) is 0 Å². The molecule has 2 N–H and O–H groups in total. The van der Waals surface area contributed by atoms with Gasteiger partial charge in [-0.3, -0.25) is 4.67 Å². The first kappa shape index (κ1) is 10.2. The number of nitrogens with two attached hydrogens (primary N) is 1. The van der Waals surface area contributed by atoms with Gasteiger partial charge < -0.3 is 10.5 Å². The Labute approximate surface area is 79.6 Å². The predicted octanol–water partition coefficient (Wildman–Crippen LogP) is 0.159. The van der Waals surface area contributed by atoms with E-state index in [1.807, 2.05) is 11.7 Å². The molecule has 0 spiro atoms. The van der Waals surface area contributed by atoms with Crippen molar-refractivity contribution in [3.05, 3.63) is 12.5 Å². The van der Waals surface area contributed by atoms with Gasteiger partial charge in [-0.2, -0.15) is 0 Å². The van der Waals surface area contributed by atoms with E-state index >= 15 is 0 Å². The Morgan fingerprint density at radius 2 is 2.46 bits per heavy atom. The number of hydrogen-bond acceptors (Lipinski definition) is 5. The Hall–Kier alpha value is -0.930.